The summed E-state index contributed by atoms with van der Waals surface area (Å²) in [4.78, 5) is 5.02. The van der Waals surface area contributed by atoms with Crippen LogP contribution < -0.4 is 4.74 Å². The summed E-state index contributed by atoms with van der Waals surface area (Å²) in [6, 6.07) is 8.24. The molecule has 11 heteroatoms. The third-order valence-electron chi connectivity index (χ3n) is 6.94. The molecule has 10 nitrogen and oxygen atoms in total. The smallest absolute Gasteiger partial charge is 0.216 e. The molecule has 1 aliphatic heterocycles. The molecule has 1 aromatic carbocycles. The number of rotatable bonds is 7. The number of aryl methyl sites for hydroxylation is 1. The summed E-state index contributed by atoms with van der Waals surface area (Å²) in [6.45, 7) is 0.292. The number of aromatic amines is 1. The van der Waals surface area contributed by atoms with Crippen molar-refractivity contribution in [2.24, 2.45) is 0 Å². The number of aliphatic hydroxyl groups excluding tert-OH is 1. The quantitative estimate of drug-likeness (QED) is 0.403. The third-order valence-corrected chi connectivity index (χ3v) is 8.72. The Morgan fingerprint density at radius 1 is 1.23 bits per heavy atom. The van der Waals surface area contributed by atoms with Crippen LogP contribution in [0.4, 0.5) is 0 Å². The van der Waals surface area contributed by atoms with Crippen molar-refractivity contribution in [3.05, 3.63) is 47.8 Å². The molecule has 0 radical (unpaired) electrons. The van der Waals surface area contributed by atoms with Gasteiger partial charge in [-0.2, -0.15) is 14.5 Å². The molecule has 1 fully saturated rings. The number of aromatic nitrogens is 5. The Hall–Kier alpha value is -3.28. The maximum Gasteiger partial charge on any atom is 0.216 e. The number of benzene rings is 1. The van der Waals surface area contributed by atoms with Gasteiger partial charge in [-0.1, -0.05) is 18.2 Å². The van der Waals surface area contributed by atoms with E-state index in [2.05, 4.69) is 33.5 Å². The Morgan fingerprint density at radius 2 is 2.09 bits per heavy atom. The van der Waals surface area contributed by atoms with Crippen LogP contribution in [0, 0.1) is 0 Å². The number of H-pyrrole nitrogens is 1. The van der Waals surface area contributed by atoms with Gasteiger partial charge in [0.25, 0.3) is 0 Å². The van der Waals surface area contributed by atoms with Crippen LogP contribution in [0.2, 0.25) is 0 Å². The lowest BCUT2D eigenvalue weighted by atomic mass is 9.99. The van der Waals surface area contributed by atoms with E-state index in [0.29, 0.717) is 24.5 Å². The van der Waals surface area contributed by atoms with Gasteiger partial charge in [-0.05, 0) is 30.4 Å². The van der Waals surface area contributed by atoms with Gasteiger partial charge in [0.15, 0.2) is 0 Å². The van der Waals surface area contributed by atoms with E-state index in [1.165, 1.54) is 15.4 Å². The van der Waals surface area contributed by atoms with Crippen molar-refractivity contribution in [1.82, 2.24) is 29.3 Å². The monoisotopic (exact) mass is 494 g/mol. The average molecular weight is 495 g/mol. The normalized spacial score (nSPS) is 16.5. The standard InChI is InChI=1S/C24H26N6O4S/c1-34-21-10-20-24(26-23(21)19-7-3-5-15-4-2-6-18(15)19)22(28-27-20)16-11-25-30(12-16)17-13-29(14-17)35(32,33)9-8-31/h3,5,7,10-12,17,31H,2,4,6,8-9,13-14H2,1H3,(H,27,28). The maximum atomic E-state index is 12.1. The topological polar surface area (TPSA) is 126 Å². The molecule has 0 saturated carbocycles. The van der Waals surface area contributed by atoms with Crippen LogP contribution in [0.25, 0.3) is 33.5 Å². The van der Waals surface area contributed by atoms with Gasteiger partial charge < -0.3 is 9.84 Å². The number of pyridine rings is 1. The Labute approximate surface area is 202 Å². The Balaban J connectivity index is 1.34. The van der Waals surface area contributed by atoms with Gasteiger partial charge in [-0.15, -0.1) is 0 Å². The van der Waals surface area contributed by atoms with Crippen LogP contribution in [-0.4, -0.2) is 75.4 Å². The molecule has 2 N–H and O–H groups in total. The molecule has 1 saturated heterocycles. The number of hydrogen-bond donors (Lipinski definition) is 2. The molecule has 3 aromatic heterocycles. The van der Waals surface area contributed by atoms with Crippen LogP contribution in [0.3, 0.4) is 0 Å². The minimum absolute atomic E-state index is 0.0575. The van der Waals surface area contributed by atoms with E-state index in [1.54, 1.807) is 18.0 Å². The summed E-state index contributed by atoms with van der Waals surface area (Å²) in [5.74, 6) is 0.438. The van der Waals surface area contributed by atoms with Gasteiger partial charge in [0.1, 0.15) is 22.7 Å². The maximum absolute atomic E-state index is 12.1. The van der Waals surface area contributed by atoms with Gasteiger partial charge in [0.2, 0.25) is 10.0 Å². The number of nitrogens with one attached hydrogen (secondary N) is 1. The first-order chi connectivity index (χ1) is 17.0. The highest BCUT2D eigenvalue weighted by atomic mass is 32.2. The number of aliphatic hydroxyl groups is 1. The molecule has 0 amide bonds. The fourth-order valence-corrected chi connectivity index (χ4v) is 6.32. The summed E-state index contributed by atoms with van der Waals surface area (Å²) in [7, 11) is -1.77. The van der Waals surface area contributed by atoms with Crippen molar-refractivity contribution in [1.29, 1.82) is 0 Å². The van der Waals surface area contributed by atoms with E-state index in [-0.39, 0.29) is 18.4 Å². The lowest BCUT2D eigenvalue weighted by molar-refractivity contribution is 0.189. The SMILES string of the molecule is COc1cc2[nH]nc(-c3cnn(C4CN(S(=O)(=O)CCO)C4)c3)c2nc1-c1cccc2c1CCC2. The second kappa shape index (κ2) is 8.43. The van der Waals surface area contributed by atoms with Crippen LogP contribution in [0.15, 0.2) is 36.7 Å². The lowest BCUT2D eigenvalue weighted by Gasteiger charge is -2.37. The molecule has 182 valence electrons. The molecule has 1 aliphatic carbocycles. The predicted molar refractivity (Wildman–Crippen MR) is 131 cm³/mol. The van der Waals surface area contributed by atoms with Crippen molar-refractivity contribution >= 4 is 21.1 Å². The first-order valence-corrected chi connectivity index (χ1v) is 13.3. The third kappa shape index (κ3) is 3.70. The van der Waals surface area contributed by atoms with Crippen molar-refractivity contribution < 1.29 is 18.3 Å². The number of nitrogens with zero attached hydrogens (tertiary/aromatic N) is 5. The molecule has 6 rings (SSSR count). The summed E-state index contributed by atoms with van der Waals surface area (Å²) in [5.41, 5.74) is 7.60. The summed E-state index contributed by atoms with van der Waals surface area (Å²) >= 11 is 0. The van der Waals surface area contributed by atoms with E-state index >= 15 is 0 Å². The number of hydrogen-bond acceptors (Lipinski definition) is 7. The summed E-state index contributed by atoms with van der Waals surface area (Å²) in [6.07, 6.45) is 6.87. The Morgan fingerprint density at radius 3 is 2.89 bits per heavy atom. The van der Waals surface area contributed by atoms with Gasteiger partial charge in [-0.3, -0.25) is 9.78 Å². The molecule has 0 bridgehead atoms. The molecule has 0 spiro atoms. The zero-order valence-electron chi connectivity index (χ0n) is 19.3. The van der Waals surface area contributed by atoms with Gasteiger partial charge in [0.05, 0.1) is 37.2 Å². The van der Waals surface area contributed by atoms with Gasteiger partial charge in [-0.25, -0.2) is 13.4 Å². The van der Waals surface area contributed by atoms with E-state index in [4.69, 9.17) is 14.8 Å². The Kier molecular flexibility index (Phi) is 5.35. The zero-order chi connectivity index (χ0) is 24.2. The average Bonchev–Trinajstić information content (AvgIpc) is 3.55. The number of sulfonamides is 1. The molecule has 2 aliphatic rings. The van der Waals surface area contributed by atoms with Crippen LogP contribution >= 0.6 is 0 Å². The van der Waals surface area contributed by atoms with Crippen molar-refractivity contribution in [3.63, 3.8) is 0 Å². The second-order valence-electron chi connectivity index (χ2n) is 9.02. The fourth-order valence-electron chi connectivity index (χ4n) is 5.04. The van der Waals surface area contributed by atoms with Gasteiger partial charge >= 0.3 is 0 Å². The van der Waals surface area contributed by atoms with Gasteiger partial charge in [0, 0.05) is 36.5 Å². The van der Waals surface area contributed by atoms with Crippen LogP contribution in [0.5, 0.6) is 5.75 Å². The van der Waals surface area contributed by atoms with Crippen molar-refractivity contribution in [2.45, 2.75) is 25.3 Å². The lowest BCUT2D eigenvalue weighted by Crippen LogP contribution is -2.51. The molecule has 35 heavy (non-hydrogen) atoms. The second-order valence-corrected chi connectivity index (χ2v) is 11.1. The minimum atomic E-state index is -3.42. The molecule has 0 unspecified atom stereocenters. The molecule has 0 atom stereocenters. The van der Waals surface area contributed by atoms with E-state index in [1.807, 2.05) is 12.3 Å². The number of fused-ring (bicyclic) bond motifs is 2. The highest BCUT2D eigenvalue weighted by Crippen LogP contribution is 2.39. The fraction of sp³-hybridized carbons (Fsp3) is 0.375. The molecule has 4 heterocycles. The first-order valence-electron chi connectivity index (χ1n) is 11.7. The van der Waals surface area contributed by atoms with E-state index in [0.717, 1.165) is 47.1 Å². The Bertz CT molecular complexity index is 1520. The molecular formula is C24H26N6O4S. The van der Waals surface area contributed by atoms with Crippen molar-refractivity contribution in [2.75, 3.05) is 32.6 Å². The first kappa shape index (κ1) is 22.2. The van der Waals surface area contributed by atoms with Crippen LogP contribution in [0.1, 0.15) is 23.6 Å². The highest BCUT2D eigenvalue weighted by Gasteiger charge is 2.37. The van der Waals surface area contributed by atoms with Crippen LogP contribution in [-0.2, 0) is 22.9 Å². The van der Waals surface area contributed by atoms with E-state index < -0.39 is 10.0 Å². The molecular weight excluding hydrogens is 468 g/mol. The van der Waals surface area contributed by atoms with Crippen molar-refractivity contribution in [3.8, 4) is 28.3 Å². The predicted octanol–water partition coefficient (Wildman–Crippen LogP) is 2.16. The minimum Gasteiger partial charge on any atom is -0.494 e. The number of methoxy groups -OCH3 is 1. The van der Waals surface area contributed by atoms with E-state index in [9.17, 15) is 8.42 Å². The number of ether oxygens (including phenoxy) is 1. The summed E-state index contributed by atoms with van der Waals surface area (Å²) < 4.78 is 33.1. The highest BCUT2D eigenvalue weighted by molar-refractivity contribution is 7.89. The molecule has 4 aromatic rings. The summed E-state index contributed by atoms with van der Waals surface area (Å²) in [5, 5.41) is 21.0. The zero-order valence-corrected chi connectivity index (χ0v) is 20.1. The largest absolute Gasteiger partial charge is 0.494 e.